The summed E-state index contributed by atoms with van der Waals surface area (Å²) in [5.74, 6) is 0.933. The number of hydrogen-bond donors (Lipinski definition) is 1. The Morgan fingerprint density at radius 2 is 2.05 bits per heavy atom. The molecule has 2 fully saturated rings. The Morgan fingerprint density at radius 3 is 2.70 bits per heavy atom. The van der Waals surface area contributed by atoms with Gasteiger partial charge in [0.05, 0.1) is 25.9 Å². The van der Waals surface area contributed by atoms with E-state index in [2.05, 4.69) is 17.0 Å². The van der Waals surface area contributed by atoms with Crippen molar-refractivity contribution < 1.29 is 14.6 Å². The van der Waals surface area contributed by atoms with Gasteiger partial charge in [-0.15, -0.1) is 0 Å². The lowest BCUT2D eigenvalue weighted by Gasteiger charge is -2.27. The first-order valence-corrected chi connectivity index (χ1v) is 7.37. The lowest BCUT2D eigenvalue weighted by molar-refractivity contribution is 0.0338. The number of nitrogens with zero attached hydrogens (tertiary/aromatic N) is 1. The standard InChI is InChI=1S/C16H23NO3/c1-19-15-3-2-13(11-16(18)4-5-16)10-14(15)12-17-6-8-20-9-7-17/h2-3,10,18H,4-9,11-12H2,1H3. The van der Waals surface area contributed by atoms with Gasteiger partial charge in [0.25, 0.3) is 0 Å². The monoisotopic (exact) mass is 277 g/mol. The number of methoxy groups -OCH3 is 1. The van der Waals surface area contributed by atoms with E-state index in [0.717, 1.165) is 57.9 Å². The van der Waals surface area contributed by atoms with Gasteiger partial charge < -0.3 is 14.6 Å². The average molecular weight is 277 g/mol. The molecule has 1 aromatic rings. The van der Waals surface area contributed by atoms with Crippen LogP contribution in [0.3, 0.4) is 0 Å². The van der Waals surface area contributed by atoms with Crippen molar-refractivity contribution in [2.24, 2.45) is 0 Å². The lowest BCUT2D eigenvalue weighted by atomic mass is 10.0. The number of rotatable bonds is 5. The van der Waals surface area contributed by atoms with Gasteiger partial charge in [-0.2, -0.15) is 0 Å². The maximum absolute atomic E-state index is 10.1. The van der Waals surface area contributed by atoms with Crippen molar-refractivity contribution in [2.75, 3.05) is 33.4 Å². The molecule has 0 bridgehead atoms. The fraction of sp³-hybridized carbons (Fsp3) is 0.625. The quantitative estimate of drug-likeness (QED) is 0.887. The zero-order valence-corrected chi connectivity index (χ0v) is 12.1. The molecule has 4 heteroatoms. The third-order valence-corrected chi connectivity index (χ3v) is 4.20. The predicted molar refractivity (Wildman–Crippen MR) is 77.0 cm³/mol. The second kappa shape index (κ2) is 5.72. The topological polar surface area (TPSA) is 41.9 Å². The second-order valence-corrected chi connectivity index (χ2v) is 5.94. The van der Waals surface area contributed by atoms with Crippen LogP contribution in [0.25, 0.3) is 0 Å². The Balaban J connectivity index is 1.73. The molecule has 0 amide bonds. The summed E-state index contributed by atoms with van der Waals surface area (Å²) in [4.78, 5) is 2.39. The Hall–Kier alpha value is -1.10. The molecule has 0 spiro atoms. The Morgan fingerprint density at radius 1 is 1.30 bits per heavy atom. The van der Waals surface area contributed by atoms with Gasteiger partial charge >= 0.3 is 0 Å². The highest BCUT2D eigenvalue weighted by Gasteiger charge is 2.40. The van der Waals surface area contributed by atoms with Crippen LogP contribution in [-0.2, 0) is 17.7 Å². The first-order chi connectivity index (χ1) is 9.68. The van der Waals surface area contributed by atoms with Gasteiger partial charge in [0, 0.05) is 31.6 Å². The van der Waals surface area contributed by atoms with Crippen molar-refractivity contribution in [3.05, 3.63) is 29.3 Å². The summed E-state index contributed by atoms with van der Waals surface area (Å²) in [6.07, 6.45) is 2.61. The Bertz CT molecular complexity index is 465. The van der Waals surface area contributed by atoms with Gasteiger partial charge in [-0.3, -0.25) is 4.90 Å². The maximum Gasteiger partial charge on any atom is 0.123 e. The molecule has 4 nitrogen and oxygen atoms in total. The van der Waals surface area contributed by atoms with Crippen LogP contribution in [0, 0.1) is 0 Å². The summed E-state index contributed by atoms with van der Waals surface area (Å²) in [7, 11) is 1.71. The summed E-state index contributed by atoms with van der Waals surface area (Å²) >= 11 is 0. The molecular weight excluding hydrogens is 254 g/mol. The van der Waals surface area contributed by atoms with E-state index in [0.29, 0.717) is 0 Å². The lowest BCUT2D eigenvalue weighted by Crippen LogP contribution is -2.35. The highest BCUT2D eigenvalue weighted by atomic mass is 16.5. The van der Waals surface area contributed by atoms with Crippen molar-refractivity contribution in [3.8, 4) is 5.75 Å². The first-order valence-electron chi connectivity index (χ1n) is 7.37. The highest BCUT2D eigenvalue weighted by molar-refractivity contribution is 5.38. The van der Waals surface area contributed by atoms with E-state index in [-0.39, 0.29) is 0 Å². The minimum Gasteiger partial charge on any atom is -0.496 e. The van der Waals surface area contributed by atoms with Crippen LogP contribution < -0.4 is 4.74 Å². The van der Waals surface area contributed by atoms with E-state index in [1.54, 1.807) is 7.11 Å². The van der Waals surface area contributed by atoms with Crippen molar-refractivity contribution in [3.63, 3.8) is 0 Å². The molecule has 0 atom stereocenters. The Labute approximate surface area is 120 Å². The second-order valence-electron chi connectivity index (χ2n) is 5.94. The van der Waals surface area contributed by atoms with Crippen LogP contribution in [0.15, 0.2) is 18.2 Å². The van der Waals surface area contributed by atoms with E-state index in [4.69, 9.17) is 9.47 Å². The number of benzene rings is 1. The third-order valence-electron chi connectivity index (χ3n) is 4.20. The van der Waals surface area contributed by atoms with Gasteiger partial charge in [0.15, 0.2) is 0 Å². The molecule has 0 radical (unpaired) electrons. The maximum atomic E-state index is 10.1. The average Bonchev–Trinajstić information content (AvgIpc) is 3.18. The molecule has 0 aromatic heterocycles. The van der Waals surface area contributed by atoms with Gasteiger partial charge in [-0.05, 0) is 24.5 Å². The summed E-state index contributed by atoms with van der Waals surface area (Å²) in [6, 6.07) is 6.28. The van der Waals surface area contributed by atoms with E-state index in [1.807, 2.05) is 6.07 Å². The molecule has 1 aliphatic heterocycles. The highest BCUT2D eigenvalue weighted by Crippen LogP contribution is 2.38. The molecule has 1 saturated heterocycles. The van der Waals surface area contributed by atoms with Crippen LogP contribution in [0.2, 0.25) is 0 Å². The fourth-order valence-corrected chi connectivity index (χ4v) is 2.77. The number of aliphatic hydroxyl groups is 1. The van der Waals surface area contributed by atoms with Crippen LogP contribution in [0.1, 0.15) is 24.0 Å². The molecule has 1 aliphatic carbocycles. The molecule has 2 aliphatic rings. The van der Waals surface area contributed by atoms with Gasteiger partial charge in [0.1, 0.15) is 5.75 Å². The van der Waals surface area contributed by atoms with Crippen LogP contribution in [-0.4, -0.2) is 49.0 Å². The van der Waals surface area contributed by atoms with Gasteiger partial charge in [0.2, 0.25) is 0 Å². The molecule has 3 rings (SSSR count). The first kappa shape index (κ1) is 13.9. The fourth-order valence-electron chi connectivity index (χ4n) is 2.77. The summed E-state index contributed by atoms with van der Waals surface area (Å²) < 4.78 is 10.9. The molecular formula is C16H23NO3. The molecule has 0 unspecified atom stereocenters. The van der Waals surface area contributed by atoms with Crippen LogP contribution in [0.5, 0.6) is 5.75 Å². The molecule has 1 aromatic carbocycles. The van der Waals surface area contributed by atoms with Gasteiger partial charge in [-0.1, -0.05) is 12.1 Å². The predicted octanol–water partition coefficient (Wildman–Crippen LogP) is 1.59. The third kappa shape index (κ3) is 3.32. The number of hydrogen-bond acceptors (Lipinski definition) is 4. The minimum absolute atomic E-state index is 0.440. The van der Waals surface area contributed by atoms with E-state index < -0.39 is 5.60 Å². The molecule has 20 heavy (non-hydrogen) atoms. The van der Waals surface area contributed by atoms with Crippen molar-refractivity contribution in [2.45, 2.75) is 31.4 Å². The largest absolute Gasteiger partial charge is 0.496 e. The van der Waals surface area contributed by atoms with E-state index in [1.165, 1.54) is 11.1 Å². The van der Waals surface area contributed by atoms with Gasteiger partial charge in [-0.25, -0.2) is 0 Å². The SMILES string of the molecule is COc1ccc(CC2(O)CC2)cc1CN1CCOCC1. The molecule has 1 saturated carbocycles. The smallest absolute Gasteiger partial charge is 0.123 e. The number of morpholine rings is 1. The zero-order chi connectivity index (χ0) is 14.0. The normalized spacial score (nSPS) is 21.7. The zero-order valence-electron chi connectivity index (χ0n) is 12.1. The molecule has 1 N–H and O–H groups in total. The van der Waals surface area contributed by atoms with Crippen molar-refractivity contribution in [1.29, 1.82) is 0 Å². The molecule has 1 heterocycles. The summed E-state index contributed by atoms with van der Waals surface area (Å²) in [6.45, 7) is 4.44. The Kier molecular flexibility index (Phi) is 3.96. The van der Waals surface area contributed by atoms with Crippen molar-refractivity contribution >= 4 is 0 Å². The van der Waals surface area contributed by atoms with E-state index in [9.17, 15) is 5.11 Å². The summed E-state index contributed by atoms with van der Waals surface area (Å²) in [5, 5.41) is 10.1. The minimum atomic E-state index is -0.440. The van der Waals surface area contributed by atoms with Crippen LogP contribution >= 0.6 is 0 Å². The molecule has 110 valence electrons. The van der Waals surface area contributed by atoms with E-state index >= 15 is 0 Å². The number of ether oxygens (including phenoxy) is 2. The summed E-state index contributed by atoms with van der Waals surface area (Å²) in [5.41, 5.74) is 1.97. The van der Waals surface area contributed by atoms with Crippen LogP contribution in [0.4, 0.5) is 0 Å². The van der Waals surface area contributed by atoms with Crippen molar-refractivity contribution in [1.82, 2.24) is 4.90 Å².